The molecule has 0 saturated heterocycles. The third-order valence-electron chi connectivity index (χ3n) is 14.2. The predicted octanol–water partition coefficient (Wildman–Crippen LogP) is 21.1. The molecule has 0 N–H and O–H groups in total. The number of allylic oxidation sites excluding steroid dienone is 4. The first-order valence-electron chi connectivity index (χ1n) is 31.3. The van der Waals surface area contributed by atoms with Gasteiger partial charge in [-0.1, -0.05) is 302 Å². The van der Waals surface area contributed by atoms with Crippen LogP contribution in [-0.4, -0.2) is 37.2 Å². The molecule has 0 aromatic heterocycles. The zero-order chi connectivity index (χ0) is 50.7. The standard InChI is InChI=1S/C64H120O6/c1-4-7-10-13-16-19-22-25-28-30-32-34-36-39-42-45-48-51-54-57-63(66)69-60-61(59-68-62(65)56-53-50-47-44-41-38-35-27-24-21-18-15-12-9-6-3)70-64(67)58-55-52-49-46-43-40-37-33-31-29-26-23-20-17-14-11-8-5-2/h16,19,25,28,61H,4-15,17-18,20-24,26-27,29-60H2,1-3H3/b19-16+,28-25+/t61-/m1/s1. The van der Waals surface area contributed by atoms with Gasteiger partial charge < -0.3 is 14.2 Å². The number of hydrogen-bond donors (Lipinski definition) is 0. The molecule has 0 rings (SSSR count). The van der Waals surface area contributed by atoms with Crippen LogP contribution in [0.15, 0.2) is 24.3 Å². The fourth-order valence-electron chi connectivity index (χ4n) is 9.48. The first-order chi connectivity index (χ1) is 34.5. The summed E-state index contributed by atoms with van der Waals surface area (Å²) in [4.78, 5) is 38.3. The van der Waals surface area contributed by atoms with Crippen molar-refractivity contribution in [2.24, 2.45) is 0 Å². The van der Waals surface area contributed by atoms with Gasteiger partial charge in [0, 0.05) is 19.3 Å². The maximum atomic E-state index is 12.9. The average Bonchev–Trinajstić information content (AvgIpc) is 3.36. The number of carbonyl (C=O) groups is 3. The Morgan fingerprint density at radius 1 is 0.286 bits per heavy atom. The number of carbonyl (C=O) groups excluding carboxylic acids is 3. The van der Waals surface area contributed by atoms with Gasteiger partial charge in [0.25, 0.3) is 0 Å². The SMILES string of the molecule is CCCCC/C=C/C/C=C/CCCCCCCCCCCC(=O)OC[C@@H](COC(=O)CCCCCCCCCCCCCCCCC)OC(=O)CCCCCCCCCCCCCCCCCCCC. The Bertz CT molecular complexity index is 1130. The van der Waals surface area contributed by atoms with Crippen LogP contribution in [0.5, 0.6) is 0 Å². The predicted molar refractivity (Wildman–Crippen MR) is 303 cm³/mol. The lowest BCUT2D eigenvalue weighted by molar-refractivity contribution is -0.167. The zero-order valence-corrected chi connectivity index (χ0v) is 47.3. The van der Waals surface area contributed by atoms with Gasteiger partial charge in [-0.05, 0) is 51.4 Å². The Hall–Kier alpha value is -2.11. The summed E-state index contributed by atoms with van der Waals surface area (Å²) >= 11 is 0. The fraction of sp³-hybridized carbons (Fsp3) is 0.891. The minimum absolute atomic E-state index is 0.0662. The average molecular weight is 986 g/mol. The first-order valence-corrected chi connectivity index (χ1v) is 31.3. The molecule has 0 radical (unpaired) electrons. The van der Waals surface area contributed by atoms with Crippen LogP contribution in [0.25, 0.3) is 0 Å². The molecular formula is C64H120O6. The molecule has 0 fully saturated rings. The second-order valence-electron chi connectivity index (χ2n) is 21.3. The summed E-state index contributed by atoms with van der Waals surface area (Å²) in [6, 6.07) is 0. The van der Waals surface area contributed by atoms with Crippen LogP contribution in [0.4, 0.5) is 0 Å². The van der Waals surface area contributed by atoms with Gasteiger partial charge in [-0.3, -0.25) is 14.4 Å². The normalized spacial score (nSPS) is 12.1. The van der Waals surface area contributed by atoms with E-state index < -0.39 is 6.10 Å². The number of rotatable bonds is 58. The Balaban J connectivity index is 4.31. The van der Waals surface area contributed by atoms with Gasteiger partial charge in [-0.15, -0.1) is 0 Å². The molecule has 0 aromatic rings. The van der Waals surface area contributed by atoms with Crippen LogP contribution in [0, 0.1) is 0 Å². The highest BCUT2D eigenvalue weighted by Crippen LogP contribution is 2.18. The highest BCUT2D eigenvalue weighted by molar-refractivity contribution is 5.71. The Kier molecular flexibility index (Phi) is 57.7. The minimum atomic E-state index is -0.768. The van der Waals surface area contributed by atoms with E-state index in [0.29, 0.717) is 19.3 Å². The second-order valence-corrected chi connectivity index (χ2v) is 21.3. The zero-order valence-electron chi connectivity index (χ0n) is 47.3. The molecule has 0 aliphatic rings. The first kappa shape index (κ1) is 67.9. The third kappa shape index (κ3) is 56.8. The molecule has 6 heteroatoms. The van der Waals surface area contributed by atoms with Crippen molar-refractivity contribution < 1.29 is 28.6 Å². The smallest absolute Gasteiger partial charge is 0.306 e. The van der Waals surface area contributed by atoms with Crippen molar-refractivity contribution >= 4 is 17.9 Å². The lowest BCUT2D eigenvalue weighted by Crippen LogP contribution is -2.30. The van der Waals surface area contributed by atoms with E-state index in [9.17, 15) is 14.4 Å². The highest BCUT2D eigenvalue weighted by Gasteiger charge is 2.19. The Morgan fingerprint density at radius 3 is 0.814 bits per heavy atom. The fourth-order valence-corrected chi connectivity index (χ4v) is 9.48. The topological polar surface area (TPSA) is 78.9 Å². The summed E-state index contributed by atoms with van der Waals surface area (Å²) < 4.78 is 16.9. The summed E-state index contributed by atoms with van der Waals surface area (Å²) in [7, 11) is 0. The molecule has 0 bridgehead atoms. The van der Waals surface area contributed by atoms with Crippen LogP contribution in [0.1, 0.15) is 348 Å². The van der Waals surface area contributed by atoms with Crippen molar-refractivity contribution in [3.8, 4) is 0 Å². The molecule has 0 saturated carbocycles. The van der Waals surface area contributed by atoms with E-state index in [1.54, 1.807) is 0 Å². The molecule has 70 heavy (non-hydrogen) atoms. The monoisotopic (exact) mass is 985 g/mol. The second kappa shape index (κ2) is 59.5. The van der Waals surface area contributed by atoms with Gasteiger partial charge in [0.1, 0.15) is 13.2 Å². The third-order valence-corrected chi connectivity index (χ3v) is 14.2. The molecular weight excluding hydrogens is 865 g/mol. The Labute approximate surface area is 436 Å². The minimum Gasteiger partial charge on any atom is -0.462 e. The summed E-state index contributed by atoms with van der Waals surface area (Å²) in [5.41, 5.74) is 0. The lowest BCUT2D eigenvalue weighted by atomic mass is 10.0. The van der Waals surface area contributed by atoms with Gasteiger partial charge in [-0.2, -0.15) is 0 Å². The quantitative estimate of drug-likeness (QED) is 0.0261. The van der Waals surface area contributed by atoms with E-state index in [1.807, 2.05) is 0 Å². The molecule has 0 amide bonds. The van der Waals surface area contributed by atoms with E-state index in [1.165, 1.54) is 244 Å². The van der Waals surface area contributed by atoms with Crippen molar-refractivity contribution in [2.75, 3.05) is 13.2 Å². The van der Waals surface area contributed by atoms with Gasteiger partial charge in [0.2, 0.25) is 0 Å². The maximum absolute atomic E-state index is 12.9. The van der Waals surface area contributed by atoms with Gasteiger partial charge in [-0.25, -0.2) is 0 Å². The summed E-state index contributed by atoms with van der Waals surface area (Å²) in [6.45, 7) is 6.68. The van der Waals surface area contributed by atoms with Crippen LogP contribution in [0.3, 0.4) is 0 Å². The van der Waals surface area contributed by atoms with Crippen LogP contribution in [-0.2, 0) is 28.6 Å². The summed E-state index contributed by atoms with van der Waals surface area (Å²) in [6.07, 6.45) is 70.3. The van der Waals surface area contributed by atoms with Gasteiger partial charge in [0.15, 0.2) is 6.10 Å². The van der Waals surface area contributed by atoms with Crippen molar-refractivity contribution in [3.63, 3.8) is 0 Å². The lowest BCUT2D eigenvalue weighted by Gasteiger charge is -2.18. The van der Waals surface area contributed by atoms with Crippen molar-refractivity contribution in [1.29, 1.82) is 0 Å². The van der Waals surface area contributed by atoms with Crippen molar-refractivity contribution in [3.05, 3.63) is 24.3 Å². The number of esters is 3. The van der Waals surface area contributed by atoms with E-state index in [4.69, 9.17) is 14.2 Å². The molecule has 6 nitrogen and oxygen atoms in total. The molecule has 0 spiro atoms. The maximum Gasteiger partial charge on any atom is 0.306 e. The van der Waals surface area contributed by atoms with E-state index in [0.717, 1.165) is 64.2 Å². The molecule has 0 aliphatic carbocycles. The van der Waals surface area contributed by atoms with E-state index in [2.05, 4.69) is 45.1 Å². The van der Waals surface area contributed by atoms with Crippen molar-refractivity contribution in [1.82, 2.24) is 0 Å². The van der Waals surface area contributed by atoms with Crippen molar-refractivity contribution in [2.45, 2.75) is 354 Å². The van der Waals surface area contributed by atoms with Crippen LogP contribution < -0.4 is 0 Å². The van der Waals surface area contributed by atoms with Crippen LogP contribution >= 0.6 is 0 Å². The van der Waals surface area contributed by atoms with E-state index in [-0.39, 0.29) is 31.1 Å². The molecule has 1 atom stereocenters. The molecule has 0 aliphatic heterocycles. The largest absolute Gasteiger partial charge is 0.462 e. The number of hydrogen-bond acceptors (Lipinski definition) is 6. The highest BCUT2D eigenvalue weighted by atomic mass is 16.6. The van der Waals surface area contributed by atoms with Gasteiger partial charge in [0.05, 0.1) is 0 Å². The van der Waals surface area contributed by atoms with E-state index >= 15 is 0 Å². The summed E-state index contributed by atoms with van der Waals surface area (Å²) in [5.74, 6) is -0.843. The Morgan fingerprint density at radius 2 is 0.514 bits per heavy atom. The van der Waals surface area contributed by atoms with Crippen LogP contribution in [0.2, 0.25) is 0 Å². The number of ether oxygens (including phenoxy) is 3. The molecule has 412 valence electrons. The molecule has 0 heterocycles. The molecule has 0 unspecified atom stereocenters. The number of unbranched alkanes of at least 4 members (excludes halogenated alkanes) is 43. The van der Waals surface area contributed by atoms with Gasteiger partial charge >= 0.3 is 17.9 Å². The molecule has 0 aromatic carbocycles. The summed E-state index contributed by atoms with van der Waals surface area (Å²) in [5, 5.41) is 0.